The third kappa shape index (κ3) is 5.36. The van der Waals surface area contributed by atoms with Crippen molar-refractivity contribution in [1.82, 2.24) is 4.31 Å². The summed E-state index contributed by atoms with van der Waals surface area (Å²) in [7, 11) is -3.86. The summed E-state index contributed by atoms with van der Waals surface area (Å²) in [6.07, 6.45) is 0.523. The molecule has 0 atom stereocenters. The average molecular weight is 486 g/mol. The molecule has 164 valence electrons. The van der Waals surface area contributed by atoms with Gasteiger partial charge in [0.15, 0.2) is 0 Å². The largest absolute Gasteiger partial charge is 0.325 e. The number of amides is 1. The predicted octanol–water partition coefficient (Wildman–Crippen LogP) is 4.57. The first-order chi connectivity index (χ1) is 14.7. The quantitative estimate of drug-likeness (QED) is 0.605. The van der Waals surface area contributed by atoms with Gasteiger partial charge in [-0.1, -0.05) is 41.6 Å². The second-order valence-corrected chi connectivity index (χ2v) is 10.1. The van der Waals surface area contributed by atoms with E-state index in [0.29, 0.717) is 0 Å². The maximum absolute atomic E-state index is 12.9. The van der Waals surface area contributed by atoms with E-state index in [1.54, 1.807) is 18.2 Å². The van der Waals surface area contributed by atoms with Crippen LogP contribution in [0.15, 0.2) is 52.3 Å². The Balaban J connectivity index is 1.69. The molecule has 1 saturated heterocycles. The van der Waals surface area contributed by atoms with Gasteiger partial charge in [-0.25, -0.2) is 8.42 Å². The van der Waals surface area contributed by atoms with Crippen LogP contribution in [-0.2, 0) is 14.8 Å². The molecule has 0 saturated carbocycles. The number of hydrogen-bond donors (Lipinski definition) is 1. The number of thioether (sulfide) groups is 1. The van der Waals surface area contributed by atoms with Crippen molar-refractivity contribution in [2.75, 3.05) is 18.4 Å². The topological polar surface area (TPSA) is 90.3 Å². The Hall–Kier alpha value is -2.19. The number of carbonyl (C=O) groups is 1. The fourth-order valence-electron chi connectivity index (χ4n) is 3.33. The molecular formula is C20H18ClF2N3O3S2. The van der Waals surface area contributed by atoms with Gasteiger partial charge in [0.25, 0.3) is 5.76 Å². The van der Waals surface area contributed by atoms with Gasteiger partial charge in [-0.05, 0) is 37.1 Å². The van der Waals surface area contributed by atoms with Crippen LogP contribution in [0.1, 0.15) is 18.4 Å². The van der Waals surface area contributed by atoms with E-state index in [1.165, 1.54) is 28.6 Å². The number of benzene rings is 2. The highest BCUT2D eigenvalue weighted by Crippen LogP contribution is 2.38. The predicted molar refractivity (Wildman–Crippen MR) is 115 cm³/mol. The second-order valence-electron chi connectivity index (χ2n) is 6.77. The number of nitrogens with one attached hydrogen (secondary N) is 1. The molecule has 1 aliphatic heterocycles. The van der Waals surface area contributed by atoms with Crippen LogP contribution in [-0.4, -0.2) is 37.5 Å². The number of alkyl halides is 2. The smallest absolute Gasteiger partial charge is 0.289 e. The number of sulfonamides is 1. The van der Waals surface area contributed by atoms with Crippen molar-refractivity contribution in [3.63, 3.8) is 0 Å². The maximum Gasteiger partial charge on any atom is 0.289 e. The molecule has 0 radical (unpaired) electrons. The van der Waals surface area contributed by atoms with Gasteiger partial charge in [0.2, 0.25) is 15.9 Å². The van der Waals surface area contributed by atoms with E-state index in [-0.39, 0.29) is 69.7 Å². The van der Waals surface area contributed by atoms with Gasteiger partial charge in [0.05, 0.1) is 26.1 Å². The number of halogens is 3. The highest BCUT2D eigenvalue weighted by atomic mass is 35.5. The Labute approximate surface area is 188 Å². The molecule has 1 aliphatic rings. The number of hydrogen-bond acceptors (Lipinski definition) is 5. The molecule has 3 rings (SSSR count). The van der Waals surface area contributed by atoms with Crippen molar-refractivity contribution < 1.29 is 22.0 Å². The van der Waals surface area contributed by atoms with E-state index in [4.69, 9.17) is 11.6 Å². The van der Waals surface area contributed by atoms with Gasteiger partial charge in [0, 0.05) is 19.0 Å². The standard InChI is InChI=1S/C20H18ClF2N3O3S2/c21-15-5-3-6-16(18(15)30-20(22)23)25-19(27)13-8-10-26(11-9-13)31(28,29)17-7-2-1-4-14(17)12-24/h1-7,13,20H,8-11H2,(H,25,27). The van der Waals surface area contributed by atoms with Crippen LogP contribution in [0.25, 0.3) is 0 Å². The highest BCUT2D eigenvalue weighted by molar-refractivity contribution is 7.99. The van der Waals surface area contributed by atoms with E-state index in [9.17, 15) is 27.3 Å². The second kappa shape index (κ2) is 9.96. The zero-order valence-corrected chi connectivity index (χ0v) is 18.5. The molecule has 0 unspecified atom stereocenters. The molecule has 1 amide bonds. The maximum atomic E-state index is 12.9. The fourth-order valence-corrected chi connectivity index (χ4v) is 5.86. The normalized spacial score (nSPS) is 15.6. The molecule has 31 heavy (non-hydrogen) atoms. The van der Waals surface area contributed by atoms with Crippen molar-refractivity contribution in [3.05, 3.63) is 53.1 Å². The van der Waals surface area contributed by atoms with Gasteiger partial charge in [-0.15, -0.1) is 0 Å². The first-order valence-corrected chi connectivity index (χ1v) is 12.0. The summed E-state index contributed by atoms with van der Waals surface area (Å²) in [6.45, 7) is 0.211. The summed E-state index contributed by atoms with van der Waals surface area (Å²) in [5, 5.41) is 11.9. The van der Waals surface area contributed by atoms with Gasteiger partial charge >= 0.3 is 0 Å². The minimum Gasteiger partial charge on any atom is -0.325 e. The summed E-state index contributed by atoms with van der Waals surface area (Å²) >= 11 is 6.24. The minimum atomic E-state index is -3.86. The summed E-state index contributed by atoms with van der Waals surface area (Å²) < 4.78 is 52.7. The fraction of sp³-hybridized carbons (Fsp3) is 0.300. The summed E-state index contributed by atoms with van der Waals surface area (Å²) in [6, 6.07) is 12.3. The minimum absolute atomic E-state index is 0.0620. The Morgan fingerprint density at radius 2 is 1.87 bits per heavy atom. The van der Waals surface area contributed by atoms with E-state index in [0.717, 1.165) is 0 Å². The first-order valence-electron chi connectivity index (χ1n) is 9.27. The molecule has 0 bridgehead atoms. The third-order valence-corrected chi connectivity index (χ3v) is 8.12. The molecule has 1 fully saturated rings. The lowest BCUT2D eigenvalue weighted by Crippen LogP contribution is -2.41. The van der Waals surface area contributed by atoms with Crippen LogP contribution >= 0.6 is 23.4 Å². The first kappa shape index (κ1) is 23.5. The van der Waals surface area contributed by atoms with Gasteiger partial charge in [-0.2, -0.15) is 18.3 Å². The molecule has 2 aromatic carbocycles. The molecular weight excluding hydrogens is 468 g/mol. The van der Waals surface area contributed by atoms with E-state index < -0.39 is 21.7 Å². The molecule has 0 spiro atoms. The number of nitriles is 1. The van der Waals surface area contributed by atoms with Crippen LogP contribution in [0.4, 0.5) is 14.5 Å². The van der Waals surface area contributed by atoms with E-state index in [2.05, 4.69) is 5.32 Å². The van der Waals surface area contributed by atoms with Gasteiger partial charge in [-0.3, -0.25) is 4.79 Å². The third-order valence-electron chi connectivity index (χ3n) is 4.88. The SMILES string of the molecule is N#Cc1ccccc1S(=O)(=O)N1CCC(C(=O)Nc2cccc(Cl)c2SC(F)F)CC1. The number of anilines is 1. The highest BCUT2D eigenvalue weighted by Gasteiger charge is 2.33. The van der Waals surface area contributed by atoms with Gasteiger partial charge < -0.3 is 5.32 Å². The van der Waals surface area contributed by atoms with Crippen LogP contribution < -0.4 is 5.32 Å². The lowest BCUT2D eigenvalue weighted by Gasteiger charge is -2.30. The molecule has 1 heterocycles. The van der Waals surface area contributed by atoms with E-state index in [1.807, 2.05) is 6.07 Å². The zero-order chi connectivity index (χ0) is 22.6. The van der Waals surface area contributed by atoms with Crippen molar-refractivity contribution in [1.29, 1.82) is 5.26 Å². The van der Waals surface area contributed by atoms with Crippen LogP contribution in [0.5, 0.6) is 0 Å². The zero-order valence-electron chi connectivity index (χ0n) is 16.1. The number of nitrogens with zero attached hydrogens (tertiary/aromatic N) is 2. The van der Waals surface area contributed by atoms with E-state index >= 15 is 0 Å². The number of rotatable bonds is 6. The van der Waals surface area contributed by atoms with Crippen molar-refractivity contribution in [3.8, 4) is 6.07 Å². The molecule has 6 nitrogen and oxygen atoms in total. The van der Waals surface area contributed by atoms with Crippen LogP contribution in [0, 0.1) is 17.2 Å². The average Bonchev–Trinajstić information content (AvgIpc) is 2.76. The number of carbonyl (C=O) groups excluding carboxylic acids is 1. The summed E-state index contributed by atoms with van der Waals surface area (Å²) in [5.74, 6) is -3.56. The van der Waals surface area contributed by atoms with Crippen molar-refractivity contribution in [2.24, 2.45) is 5.92 Å². The Morgan fingerprint density at radius 1 is 1.19 bits per heavy atom. The van der Waals surface area contributed by atoms with Crippen molar-refractivity contribution >= 4 is 45.0 Å². The van der Waals surface area contributed by atoms with Gasteiger partial charge in [0.1, 0.15) is 6.07 Å². The monoisotopic (exact) mass is 485 g/mol. The molecule has 1 N–H and O–H groups in total. The Bertz CT molecular complexity index is 1110. The van der Waals surface area contributed by atoms with Crippen molar-refractivity contribution in [2.45, 2.75) is 28.4 Å². The molecule has 0 aliphatic carbocycles. The van der Waals surface area contributed by atoms with Crippen LogP contribution in [0.3, 0.4) is 0 Å². The molecule has 2 aromatic rings. The lowest BCUT2D eigenvalue weighted by molar-refractivity contribution is -0.120. The Kier molecular flexibility index (Phi) is 7.54. The lowest BCUT2D eigenvalue weighted by atomic mass is 9.97. The Morgan fingerprint density at radius 3 is 2.52 bits per heavy atom. The summed E-state index contributed by atoms with van der Waals surface area (Å²) in [4.78, 5) is 12.7. The summed E-state index contributed by atoms with van der Waals surface area (Å²) in [5.41, 5.74) is 0.258. The van der Waals surface area contributed by atoms with Crippen LogP contribution in [0.2, 0.25) is 5.02 Å². The number of piperidine rings is 1. The molecule has 11 heteroatoms. The molecule has 0 aromatic heterocycles.